The Morgan fingerprint density at radius 1 is 1.21 bits per heavy atom. The summed E-state index contributed by atoms with van der Waals surface area (Å²) in [4.78, 5) is 23.2. The van der Waals surface area contributed by atoms with Crippen LogP contribution in [-0.2, 0) is 22.4 Å². The van der Waals surface area contributed by atoms with E-state index in [0.29, 0.717) is 0 Å². The molecule has 2 rings (SSSR count). The Kier molecular flexibility index (Phi) is 3.60. The molecule has 0 unspecified atom stereocenters. The van der Waals surface area contributed by atoms with Gasteiger partial charge < -0.3 is 10.4 Å². The number of carboxylic acids is 1. The molecule has 0 aliphatic heterocycles. The topological polar surface area (TPSA) is 66.4 Å². The predicted molar refractivity (Wildman–Crippen MR) is 73.1 cm³/mol. The van der Waals surface area contributed by atoms with Crippen LogP contribution < -0.4 is 5.32 Å². The highest BCUT2D eigenvalue weighted by atomic mass is 16.4. The normalized spacial score (nSPS) is 14.6. The van der Waals surface area contributed by atoms with Gasteiger partial charge >= 0.3 is 5.97 Å². The highest BCUT2D eigenvalue weighted by molar-refractivity contribution is 6.07. The second-order valence-electron chi connectivity index (χ2n) is 5.53. The van der Waals surface area contributed by atoms with E-state index in [1.807, 2.05) is 12.1 Å². The van der Waals surface area contributed by atoms with Crippen molar-refractivity contribution in [2.45, 2.75) is 39.5 Å². The highest BCUT2D eigenvalue weighted by Crippen LogP contribution is 2.29. The molecule has 1 aromatic carbocycles. The molecule has 0 spiro atoms. The summed E-state index contributed by atoms with van der Waals surface area (Å²) >= 11 is 0. The lowest BCUT2D eigenvalue weighted by Crippen LogP contribution is -2.38. The number of carbonyl (C=O) groups excluding carboxylic acids is 1. The van der Waals surface area contributed by atoms with Crippen LogP contribution in [0.4, 0.5) is 5.69 Å². The van der Waals surface area contributed by atoms with Crippen molar-refractivity contribution in [1.82, 2.24) is 0 Å². The van der Waals surface area contributed by atoms with Gasteiger partial charge in [-0.1, -0.05) is 12.1 Å². The van der Waals surface area contributed by atoms with E-state index in [9.17, 15) is 9.59 Å². The number of nitrogens with one attached hydrogen (secondary N) is 1. The molecular formula is C15H19NO3. The minimum absolute atomic E-state index is 0.473. The molecule has 0 heterocycles. The molecule has 1 aliphatic carbocycles. The van der Waals surface area contributed by atoms with Gasteiger partial charge in [-0.15, -0.1) is 0 Å². The van der Waals surface area contributed by atoms with Crippen molar-refractivity contribution in [2.75, 3.05) is 5.32 Å². The Morgan fingerprint density at radius 2 is 1.89 bits per heavy atom. The first-order valence-electron chi connectivity index (χ1n) is 6.58. The van der Waals surface area contributed by atoms with Crippen molar-refractivity contribution in [1.29, 1.82) is 0 Å². The minimum atomic E-state index is -1.42. The lowest BCUT2D eigenvalue weighted by Gasteiger charge is -2.23. The van der Waals surface area contributed by atoms with Gasteiger partial charge in [0.15, 0.2) is 0 Å². The maximum atomic E-state index is 12.1. The fourth-order valence-corrected chi connectivity index (χ4v) is 2.27. The van der Waals surface area contributed by atoms with Gasteiger partial charge in [-0.25, -0.2) is 0 Å². The molecule has 0 atom stereocenters. The zero-order chi connectivity index (χ0) is 14.0. The fourth-order valence-electron chi connectivity index (χ4n) is 2.27. The van der Waals surface area contributed by atoms with Crippen molar-refractivity contribution in [3.05, 3.63) is 29.3 Å². The van der Waals surface area contributed by atoms with Crippen molar-refractivity contribution < 1.29 is 14.7 Å². The van der Waals surface area contributed by atoms with Crippen molar-refractivity contribution in [3.8, 4) is 0 Å². The van der Waals surface area contributed by atoms with Gasteiger partial charge in [0.2, 0.25) is 5.91 Å². The molecule has 1 aromatic rings. The summed E-state index contributed by atoms with van der Waals surface area (Å²) in [6, 6.07) is 5.83. The molecule has 4 heteroatoms. The Morgan fingerprint density at radius 3 is 2.58 bits per heavy atom. The van der Waals surface area contributed by atoms with E-state index in [0.717, 1.165) is 30.5 Å². The number of amides is 1. The van der Waals surface area contributed by atoms with Gasteiger partial charge in [-0.3, -0.25) is 9.59 Å². The van der Waals surface area contributed by atoms with Gasteiger partial charge in [-0.2, -0.15) is 0 Å². The van der Waals surface area contributed by atoms with E-state index in [4.69, 9.17) is 5.11 Å². The van der Waals surface area contributed by atoms with Crippen LogP contribution in [-0.4, -0.2) is 17.0 Å². The van der Waals surface area contributed by atoms with E-state index in [1.165, 1.54) is 25.8 Å². The van der Waals surface area contributed by atoms with Crippen LogP contribution in [0, 0.1) is 5.41 Å². The molecule has 0 saturated heterocycles. The van der Waals surface area contributed by atoms with Crippen LogP contribution in [0.2, 0.25) is 0 Å². The Bertz CT molecular complexity index is 520. The third-order valence-electron chi connectivity index (χ3n) is 3.75. The zero-order valence-corrected chi connectivity index (χ0v) is 11.3. The summed E-state index contributed by atoms with van der Waals surface area (Å²) in [7, 11) is 0. The average Bonchev–Trinajstić information content (AvgIpc) is 2.39. The van der Waals surface area contributed by atoms with E-state index in [2.05, 4.69) is 11.4 Å². The number of aliphatic carboxylic acids is 1. The van der Waals surface area contributed by atoms with Crippen molar-refractivity contribution in [3.63, 3.8) is 0 Å². The molecule has 1 aliphatic rings. The van der Waals surface area contributed by atoms with Gasteiger partial charge in [0, 0.05) is 5.69 Å². The molecule has 19 heavy (non-hydrogen) atoms. The Hall–Kier alpha value is -1.84. The molecule has 2 N–H and O–H groups in total. The average molecular weight is 261 g/mol. The van der Waals surface area contributed by atoms with Crippen molar-refractivity contribution >= 4 is 17.6 Å². The van der Waals surface area contributed by atoms with E-state index in [1.54, 1.807) is 0 Å². The number of hydrogen-bond acceptors (Lipinski definition) is 2. The van der Waals surface area contributed by atoms with Gasteiger partial charge in [0.05, 0.1) is 0 Å². The molecule has 0 radical (unpaired) electrons. The largest absolute Gasteiger partial charge is 0.480 e. The maximum Gasteiger partial charge on any atom is 0.318 e. The number of hydrogen-bond donors (Lipinski definition) is 2. The van der Waals surface area contributed by atoms with Crippen LogP contribution in [0.5, 0.6) is 0 Å². The van der Waals surface area contributed by atoms with Crippen LogP contribution in [0.1, 0.15) is 37.8 Å². The summed E-state index contributed by atoms with van der Waals surface area (Å²) < 4.78 is 0. The molecular weight excluding hydrogens is 242 g/mol. The zero-order valence-electron chi connectivity index (χ0n) is 11.3. The highest BCUT2D eigenvalue weighted by Gasteiger charge is 2.36. The number of carboxylic acid groups (broad SMARTS) is 1. The monoisotopic (exact) mass is 261 g/mol. The number of benzene rings is 1. The first-order chi connectivity index (χ1) is 8.93. The number of fused-ring (bicyclic) bond motifs is 1. The van der Waals surface area contributed by atoms with Crippen LogP contribution in [0.25, 0.3) is 0 Å². The molecule has 0 aromatic heterocycles. The summed E-state index contributed by atoms with van der Waals surface area (Å²) in [6.45, 7) is 2.83. The van der Waals surface area contributed by atoms with E-state index < -0.39 is 17.3 Å². The maximum absolute atomic E-state index is 12.1. The van der Waals surface area contributed by atoms with Gasteiger partial charge in [0.1, 0.15) is 5.41 Å². The summed E-state index contributed by atoms with van der Waals surface area (Å²) in [5.41, 5.74) is 1.76. The van der Waals surface area contributed by atoms with Gasteiger partial charge in [0.25, 0.3) is 0 Å². The van der Waals surface area contributed by atoms with E-state index >= 15 is 0 Å². The van der Waals surface area contributed by atoms with Crippen LogP contribution in [0.15, 0.2) is 18.2 Å². The Balaban J connectivity index is 2.25. The minimum Gasteiger partial charge on any atom is -0.480 e. The summed E-state index contributed by atoms with van der Waals surface area (Å²) in [5, 5.41) is 11.8. The third kappa shape index (κ3) is 2.62. The van der Waals surface area contributed by atoms with Gasteiger partial charge in [-0.05, 0) is 56.7 Å². The SMILES string of the molecule is CC(C)(C(=O)O)C(=O)Nc1cccc2c1CCCC2. The lowest BCUT2D eigenvalue weighted by molar-refractivity contribution is -0.151. The number of aryl methyl sites for hydroxylation is 1. The smallest absolute Gasteiger partial charge is 0.318 e. The third-order valence-corrected chi connectivity index (χ3v) is 3.75. The summed E-state index contributed by atoms with van der Waals surface area (Å²) in [6.07, 6.45) is 4.26. The second kappa shape index (κ2) is 5.03. The molecule has 0 fully saturated rings. The number of anilines is 1. The van der Waals surface area contributed by atoms with Crippen LogP contribution in [0.3, 0.4) is 0 Å². The van der Waals surface area contributed by atoms with E-state index in [-0.39, 0.29) is 0 Å². The number of rotatable bonds is 3. The quantitative estimate of drug-likeness (QED) is 0.822. The summed E-state index contributed by atoms with van der Waals surface area (Å²) in [5.74, 6) is -1.59. The molecule has 0 saturated carbocycles. The first kappa shape index (κ1) is 13.6. The second-order valence-corrected chi connectivity index (χ2v) is 5.53. The number of carbonyl (C=O) groups is 2. The molecule has 102 valence electrons. The predicted octanol–water partition coefficient (Wildman–Crippen LogP) is 2.61. The molecule has 1 amide bonds. The van der Waals surface area contributed by atoms with Crippen molar-refractivity contribution in [2.24, 2.45) is 5.41 Å². The Labute approximate surface area is 112 Å². The standard InChI is InChI=1S/C15H19NO3/c1-15(2,14(18)19)13(17)16-12-9-5-7-10-6-3-4-8-11(10)12/h5,7,9H,3-4,6,8H2,1-2H3,(H,16,17)(H,18,19). The lowest BCUT2D eigenvalue weighted by atomic mass is 9.89. The van der Waals surface area contributed by atoms with Crippen LogP contribution >= 0.6 is 0 Å². The fraction of sp³-hybridized carbons (Fsp3) is 0.467. The molecule has 0 bridgehead atoms. The molecule has 4 nitrogen and oxygen atoms in total. The first-order valence-corrected chi connectivity index (χ1v) is 6.58.